The van der Waals surface area contributed by atoms with Crippen molar-refractivity contribution in [1.82, 2.24) is 0 Å². The van der Waals surface area contributed by atoms with Gasteiger partial charge in [-0.3, -0.25) is 0 Å². The molecule has 0 spiro atoms. The average molecular weight is 420 g/mol. The van der Waals surface area contributed by atoms with Gasteiger partial charge in [0.2, 0.25) is 0 Å². The molecule has 7 rings (SSSR count). The van der Waals surface area contributed by atoms with Crippen molar-refractivity contribution in [2.45, 2.75) is 0 Å². The van der Waals surface area contributed by atoms with Crippen LogP contribution in [0.2, 0.25) is 0 Å². The van der Waals surface area contributed by atoms with E-state index in [2.05, 4.69) is 127 Å². The lowest BCUT2D eigenvalue weighted by Gasteiger charge is -2.12. The number of rotatable bonds is 3. The van der Waals surface area contributed by atoms with E-state index in [4.69, 9.17) is 0 Å². The van der Waals surface area contributed by atoms with Crippen molar-refractivity contribution in [3.8, 4) is 33.4 Å². The second kappa shape index (κ2) is 7.08. The molecule has 0 aliphatic heterocycles. The molecule has 1 aliphatic carbocycles. The molecule has 1 aliphatic rings. The fourth-order valence-corrected chi connectivity index (χ4v) is 5.27. The molecule has 1 heteroatoms. The van der Waals surface area contributed by atoms with Crippen LogP contribution in [0.1, 0.15) is 0 Å². The lowest BCUT2D eigenvalue weighted by atomic mass is 9.98. The van der Waals surface area contributed by atoms with Crippen LogP contribution in [0, 0.1) is 0 Å². The Balaban J connectivity index is 1.27. The van der Waals surface area contributed by atoms with Gasteiger partial charge in [0.05, 0.1) is 0 Å². The van der Waals surface area contributed by atoms with E-state index in [-0.39, 0.29) is 0 Å². The highest BCUT2D eigenvalue weighted by atomic mass is 14.9. The maximum atomic E-state index is 3.64. The van der Waals surface area contributed by atoms with Crippen LogP contribution in [-0.4, -0.2) is 0 Å². The van der Waals surface area contributed by atoms with Crippen LogP contribution < -0.4 is 5.32 Å². The van der Waals surface area contributed by atoms with Crippen LogP contribution in [-0.2, 0) is 0 Å². The first-order valence-corrected chi connectivity index (χ1v) is 11.4. The van der Waals surface area contributed by atoms with Gasteiger partial charge in [0.1, 0.15) is 0 Å². The summed E-state index contributed by atoms with van der Waals surface area (Å²) in [5.41, 5.74) is 10.00. The summed E-state index contributed by atoms with van der Waals surface area (Å²) in [6.07, 6.45) is 0. The van der Waals surface area contributed by atoms with Crippen molar-refractivity contribution in [3.05, 3.63) is 121 Å². The largest absolute Gasteiger partial charge is 0.355 e. The van der Waals surface area contributed by atoms with Gasteiger partial charge in [-0.2, -0.15) is 0 Å². The van der Waals surface area contributed by atoms with Crippen LogP contribution in [0.15, 0.2) is 121 Å². The van der Waals surface area contributed by atoms with Gasteiger partial charge < -0.3 is 5.32 Å². The molecule has 33 heavy (non-hydrogen) atoms. The lowest BCUT2D eigenvalue weighted by Crippen LogP contribution is -1.91. The number of nitrogens with one attached hydrogen (secondary N) is 1. The van der Waals surface area contributed by atoms with Gasteiger partial charge >= 0.3 is 0 Å². The fourth-order valence-electron chi connectivity index (χ4n) is 5.27. The monoisotopic (exact) mass is 419 g/mol. The Kier molecular flexibility index (Phi) is 3.91. The van der Waals surface area contributed by atoms with Crippen molar-refractivity contribution in [3.63, 3.8) is 0 Å². The molecule has 0 saturated carbocycles. The highest BCUT2D eigenvalue weighted by Gasteiger charge is 2.21. The summed E-state index contributed by atoms with van der Waals surface area (Å²) in [6, 6.07) is 43.7. The average Bonchev–Trinajstić information content (AvgIpc) is 3.19. The molecule has 1 N–H and O–H groups in total. The minimum atomic E-state index is 1.09. The highest BCUT2D eigenvalue weighted by Crippen LogP contribution is 2.48. The van der Waals surface area contributed by atoms with Gasteiger partial charge in [0.15, 0.2) is 0 Å². The maximum absolute atomic E-state index is 3.64. The third-order valence-corrected chi connectivity index (χ3v) is 6.76. The highest BCUT2D eigenvalue weighted by molar-refractivity contribution is 6.16. The molecule has 0 unspecified atom stereocenters. The topological polar surface area (TPSA) is 12.0 Å². The molecule has 0 atom stereocenters. The van der Waals surface area contributed by atoms with Crippen molar-refractivity contribution < 1.29 is 0 Å². The molecule has 1 nitrogen and oxygen atoms in total. The van der Waals surface area contributed by atoms with E-state index in [9.17, 15) is 0 Å². The molecule has 0 radical (unpaired) electrons. The zero-order valence-corrected chi connectivity index (χ0v) is 18.0. The van der Waals surface area contributed by atoms with Gasteiger partial charge in [-0.1, -0.05) is 97.1 Å². The molecule has 0 amide bonds. The molecular weight excluding hydrogens is 398 g/mol. The van der Waals surface area contributed by atoms with E-state index >= 15 is 0 Å². The minimum Gasteiger partial charge on any atom is -0.355 e. The zero-order chi connectivity index (χ0) is 21.8. The zero-order valence-electron chi connectivity index (χ0n) is 18.0. The number of hydrogen-bond donors (Lipinski definition) is 1. The van der Waals surface area contributed by atoms with Crippen LogP contribution in [0.5, 0.6) is 0 Å². The standard InChI is InChI=1S/C32H21N/c1-2-10-26-21(7-1)8-5-13-27(26)22-15-17-24(18-16-22)33-25-19-23-9-6-14-30-28-11-3-4-12-29(28)31(20-25)32(23)30/h1-20,33H. The van der Waals surface area contributed by atoms with Crippen LogP contribution >= 0.6 is 0 Å². The van der Waals surface area contributed by atoms with Crippen LogP contribution in [0.25, 0.3) is 54.9 Å². The summed E-state index contributed by atoms with van der Waals surface area (Å²) in [7, 11) is 0. The smallest absolute Gasteiger partial charge is 0.0396 e. The number of benzene rings is 6. The summed E-state index contributed by atoms with van der Waals surface area (Å²) >= 11 is 0. The van der Waals surface area contributed by atoms with Gasteiger partial charge in [-0.05, 0) is 79.2 Å². The molecular formula is C32H21N. The minimum absolute atomic E-state index is 1.09. The third kappa shape index (κ3) is 2.86. The van der Waals surface area contributed by atoms with E-state index in [1.54, 1.807) is 0 Å². The van der Waals surface area contributed by atoms with Gasteiger partial charge in [-0.15, -0.1) is 0 Å². The molecule has 0 fully saturated rings. The Labute approximate surface area is 193 Å². The maximum Gasteiger partial charge on any atom is 0.0396 e. The van der Waals surface area contributed by atoms with Crippen molar-refractivity contribution in [1.29, 1.82) is 0 Å². The fraction of sp³-hybridized carbons (Fsp3) is 0. The van der Waals surface area contributed by atoms with Gasteiger partial charge in [0.25, 0.3) is 0 Å². The lowest BCUT2D eigenvalue weighted by molar-refractivity contribution is 1.56. The third-order valence-electron chi connectivity index (χ3n) is 6.76. The second-order valence-electron chi connectivity index (χ2n) is 8.70. The predicted molar refractivity (Wildman–Crippen MR) is 141 cm³/mol. The molecule has 6 aromatic carbocycles. The van der Waals surface area contributed by atoms with Crippen molar-refractivity contribution in [2.75, 3.05) is 5.32 Å². The predicted octanol–water partition coefficient (Wildman–Crippen LogP) is 9.05. The Morgan fingerprint density at radius 3 is 1.88 bits per heavy atom. The van der Waals surface area contributed by atoms with E-state index in [0.717, 1.165) is 11.4 Å². The first kappa shape index (κ1) is 18.2. The molecule has 154 valence electrons. The molecule has 0 aromatic heterocycles. The first-order chi connectivity index (χ1) is 16.3. The van der Waals surface area contributed by atoms with E-state index in [1.807, 2.05) is 0 Å². The van der Waals surface area contributed by atoms with E-state index < -0.39 is 0 Å². The van der Waals surface area contributed by atoms with Crippen LogP contribution in [0.3, 0.4) is 0 Å². The first-order valence-electron chi connectivity index (χ1n) is 11.4. The number of fused-ring (bicyclic) bond motifs is 4. The summed E-state index contributed by atoms with van der Waals surface area (Å²) in [5.74, 6) is 0. The Morgan fingerprint density at radius 1 is 0.394 bits per heavy atom. The number of hydrogen-bond acceptors (Lipinski definition) is 1. The summed E-state index contributed by atoms with van der Waals surface area (Å²) < 4.78 is 0. The van der Waals surface area contributed by atoms with Gasteiger partial charge in [-0.25, -0.2) is 0 Å². The summed E-state index contributed by atoms with van der Waals surface area (Å²) in [5, 5.41) is 8.83. The summed E-state index contributed by atoms with van der Waals surface area (Å²) in [4.78, 5) is 0. The molecule has 6 aromatic rings. The van der Waals surface area contributed by atoms with Crippen LogP contribution in [0.4, 0.5) is 11.4 Å². The Morgan fingerprint density at radius 2 is 1.03 bits per heavy atom. The molecule has 0 saturated heterocycles. The molecule has 0 bridgehead atoms. The SMILES string of the molecule is c1ccc2c(c1)-c1cccc3cc(Nc4ccc(-c5cccc6ccccc56)cc4)cc-2c13. The summed E-state index contributed by atoms with van der Waals surface area (Å²) in [6.45, 7) is 0. The van der Waals surface area contributed by atoms with Gasteiger partial charge in [0, 0.05) is 11.4 Å². The van der Waals surface area contributed by atoms with Crippen molar-refractivity contribution in [2.24, 2.45) is 0 Å². The van der Waals surface area contributed by atoms with E-state index in [0.29, 0.717) is 0 Å². The quantitative estimate of drug-likeness (QED) is 0.301. The molecule has 0 heterocycles. The Hall–Kier alpha value is -4.36. The van der Waals surface area contributed by atoms with Crippen molar-refractivity contribution >= 4 is 32.9 Å². The normalized spacial score (nSPS) is 11.6. The number of anilines is 2. The van der Waals surface area contributed by atoms with E-state index in [1.165, 1.54) is 54.9 Å². The Bertz CT molecular complexity index is 1670. The second-order valence-corrected chi connectivity index (χ2v) is 8.70.